The molecule has 1 heterocycles. The Bertz CT molecular complexity index is 267. The molecule has 2 rings (SSSR count). The van der Waals surface area contributed by atoms with Crippen LogP contribution in [0, 0.1) is 2.88 Å². The van der Waals surface area contributed by atoms with Crippen LogP contribution >= 0.6 is 46.6 Å². The van der Waals surface area contributed by atoms with Gasteiger partial charge in [-0.1, -0.05) is 0 Å². The molecule has 60 valence electrons. The molecule has 0 N–H and O–H groups in total. The van der Waals surface area contributed by atoms with Crippen molar-refractivity contribution in [2.45, 2.75) is 24.5 Å². The Hall–Kier alpha value is 0.780. The van der Waals surface area contributed by atoms with E-state index >= 15 is 0 Å². The van der Waals surface area contributed by atoms with Crippen molar-refractivity contribution in [1.29, 1.82) is 0 Å². The minimum absolute atomic E-state index is 0.513. The number of thiol groups is 1. The second-order valence-corrected chi connectivity index (χ2v) is 6.49. The highest BCUT2D eigenvalue weighted by atomic mass is 127. The fraction of sp³-hybridized carbons (Fsp3) is 0.500. The zero-order valence-electron chi connectivity index (χ0n) is 6.01. The number of aryl methyl sites for hydroxylation is 1. The Labute approximate surface area is 89.9 Å². The SMILES string of the molecule is SC1CCCc2sc(I)cc21. The molecule has 0 radical (unpaired) electrons. The molecule has 11 heavy (non-hydrogen) atoms. The van der Waals surface area contributed by atoms with Crippen LogP contribution in [0.2, 0.25) is 0 Å². The van der Waals surface area contributed by atoms with Gasteiger partial charge in [-0.05, 0) is 53.5 Å². The van der Waals surface area contributed by atoms with E-state index in [-0.39, 0.29) is 0 Å². The molecule has 0 aromatic carbocycles. The van der Waals surface area contributed by atoms with Gasteiger partial charge in [0.1, 0.15) is 0 Å². The van der Waals surface area contributed by atoms with E-state index in [0.29, 0.717) is 5.25 Å². The fourth-order valence-electron chi connectivity index (χ4n) is 1.50. The second-order valence-electron chi connectivity index (χ2n) is 2.84. The highest BCUT2D eigenvalue weighted by molar-refractivity contribution is 14.1. The molecular weight excluding hydrogens is 287 g/mol. The van der Waals surface area contributed by atoms with E-state index in [1.807, 2.05) is 11.3 Å². The Morgan fingerprint density at radius 2 is 2.45 bits per heavy atom. The van der Waals surface area contributed by atoms with E-state index in [4.69, 9.17) is 0 Å². The van der Waals surface area contributed by atoms with Gasteiger partial charge in [-0.3, -0.25) is 0 Å². The number of rotatable bonds is 0. The highest BCUT2D eigenvalue weighted by Gasteiger charge is 2.19. The van der Waals surface area contributed by atoms with E-state index < -0.39 is 0 Å². The molecule has 0 saturated heterocycles. The van der Waals surface area contributed by atoms with E-state index in [0.717, 1.165) is 0 Å². The number of fused-ring (bicyclic) bond motifs is 1. The first-order valence-electron chi connectivity index (χ1n) is 3.73. The molecule has 3 heteroatoms. The number of hydrogen-bond acceptors (Lipinski definition) is 2. The van der Waals surface area contributed by atoms with Crippen molar-refractivity contribution in [3.63, 3.8) is 0 Å². The van der Waals surface area contributed by atoms with Gasteiger partial charge < -0.3 is 0 Å². The van der Waals surface area contributed by atoms with Crippen LogP contribution in [0.1, 0.15) is 28.5 Å². The van der Waals surface area contributed by atoms with Gasteiger partial charge in [-0.25, -0.2) is 0 Å². The Kier molecular flexibility index (Phi) is 2.49. The first-order valence-corrected chi connectivity index (χ1v) is 6.14. The van der Waals surface area contributed by atoms with Gasteiger partial charge in [0.05, 0.1) is 2.88 Å². The maximum absolute atomic E-state index is 4.56. The summed E-state index contributed by atoms with van der Waals surface area (Å²) in [5.41, 5.74) is 1.49. The summed E-state index contributed by atoms with van der Waals surface area (Å²) >= 11 is 8.88. The zero-order valence-corrected chi connectivity index (χ0v) is 9.88. The molecule has 1 aromatic heterocycles. The van der Waals surface area contributed by atoms with Gasteiger partial charge in [0.2, 0.25) is 0 Å². The Morgan fingerprint density at radius 1 is 1.64 bits per heavy atom. The van der Waals surface area contributed by atoms with Crippen molar-refractivity contribution in [1.82, 2.24) is 0 Å². The van der Waals surface area contributed by atoms with Crippen molar-refractivity contribution >= 4 is 46.6 Å². The summed E-state index contributed by atoms with van der Waals surface area (Å²) in [6.45, 7) is 0. The largest absolute Gasteiger partial charge is 0.171 e. The lowest BCUT2D eigenvalue weighted by Crippen LogP contribution is -2.00. The van der Waals surface area contributed by atoms with Crippen LogP contribution in [0.5, 0.6) is 0 Å². The van der Waals surface area contributed by atoms with Crippen LogP contribution in [0.25, 0.3) is 0 Å². The van der Waals surface area contributed by atoms with Crippen molar-refractivity contribution in [2.75, 3.05) is 0 Å². The van der Waals surface area contributed by atoms with Crippen LogP contribution in [0.15, 0.2) is 6.07 Å². The van der Waals surface area contributed by atoms with Crippen LogP contribution in [-0.2, 0) is 6.42 Å². The first-order chi connectivity index (χ1) is 5.27. The van der Waals surface area contributed by atoms with Crippen LogP contribution in [0.3, 0.4) is 0 Å². The normalized spacial score (nSPS) is 23.3. The quantitative estimate of drug-likeness (QED) is 0.548. The molecule has 0 amide bonds. The molecule has 1 aliphatic carbocycles. The molecule has 0 aliphatic heterocycles. The van der Waals surface area contributed by atoms with Gasteiger partial charge in [-0.15, -0.1) is 11.3 Å². The van der Waals surface area contributed by atoms with Crippen molar-refractivity contribution in [3.05, 3.63) is 19.4 Å². The van der Waals surface area contributed by atoms with Gasteiger partial charge in [0.25, 0.3) is 0 Å². The topological polar surface area (TPSA) is 0 Å². The zero-order chi connectivity index (χ0) is 7.84. The number of hydrogen-bond donors (Lipinski definition) is 1. The molecule has 0 spiro atoms. The number of halogens is 1. The maximum Gasteiger partial charge on any atom is 0.0659 e. The second kappa shape index (κ2) is 3.26. The monoisotopic (exact) mass is 296 g/mol. The molecule has 1 atom stereocenters. The lowest BCUT2D eigenvalue weighted by atomic mass is 9.99. The highest BCUT2D eigenvalue weighted by Crippen LogP contribution is 2.39. The molecule has 1 aromatic rings. The molecule has 1 aliphatic rings. The van der Waals surface area contributed by atoms with Crippen molar-refractivity contribution in [3.8, 4) is 0 Å². The predicted molar refractivity (Wildman–Crippen MR) is 61.7 cm³/mol. The molecule has 0 saturated carbocycles. The minimum Gasteiger partial charge on any atom is -0.171 e. The van der Waals surface area contributed by atoms with Crippen LogP contribution < -0.4 is 0 Å². The summed E-state index contributed by atoms with van der Waals surface area (Å²) in [6.07, 6.45) is 3.85. The fourth-order valence-corrected chi connectivity index (χ4v) is 4.12. The average Bonchev–Trinajstić information content (AvgIpc) is 2.31. The van der Waals surface area contributed by atoms with Gasteiger partial charge in [0.15, 0.2) is 0 Å². The Morgan fingerprint density at radius 3 is 3.18 bits per heavy atom. The summed E-state index contributed by atoms with van der Waals surface area (Å²) in [7, 11) is 0. The summed E-state index contributed by atoms with van der Waals surface area (Å²) in [6, 6.07) is 2.29. The molecule has 0 bridgehead atoms. The van der Waals surface area contributed by atoms with E-state index in [2.05, 4.69) is 41.3 Å². The standard InChI is InChI=1S/C8H9IS2/c9-8-4-5-6(10)2-1-3-7(5)11-8/h4,6,10H,1-3H2. The summed E-state index contributed by atoms with van der Waals surface area (Å²) in [5, 5.41) is 0.513. The summed E-state index contributed by atoms with van der Waals surface area (Å²) < 4.78 is 1.41. The average molecular weight is 296 g/mol. The van der Waals surface area contributed by atoms with E-state index in [1.54, 1.807) is 4.88 Å². The first kappa shape index (κ1) is 8.38. The molecular formula is C8H9IS2. The van der Waals surface area contributed by atoms with E-state index in [1.165, 1.54) is 27.7 Å². The lowest BCUT2D eigenvalue weighted by Gasteiger charge is -2.16. The predicted octanol–water partition coefficient (Wildman–Crippen LogP) is 3.66. The molecule has 1 unspecified atom stereocenters. The smallest absolute Gasteiger partial charge is 0.0659 e. The molecule has 0 fully saturated rings. The third-order valence-electron chi connectivity index (χ3n) is 2.05. The van der Waals surface area contributed by atoms with Gasteiger partial charge in [-0.2, -0.15) is 12.6 Å². The van der Waals surface area contributed by atoms with Crippen molar-refractivity contribution in [2.24, 2.45) is 0 Å². The van der Waals surface area contributed by atoms with Gasteiger partial charge in [0, 0.05) is 10.1 Å². The third kappa shape index (κ3) is 1.60. The van der Waals surface area contributed by atoms with Crippen molar-refractivity contribution < 1.29 is 0 Å². The van der Waals surface area contributed by atoms with Crippen LogP contribution in [0.4, 0.5) is 0 Å². The third-order valence-corrected chi connectivity index (χ3v) is 4.56. The maximum atomic E-state index is 4.56. The minimum atomic E-state index is 0.513. The summed E-state index contributed by atoms with van der Waals surface area (Å²) in [5.74, 6) is 0. The Balaban J connectivity index is 2.43. The molecule has 0 nitrogen and oxygen atoms in total. The van der Waals surface area contributed by atoms with E-state index in [9.17, 15) is 0 Å². The van der Waals surface area contributed by atoms with Crippen LogP contribution in [-0.4, -0.2) is 0 Å². The van der Waals surface area contributed by atoms with Gasteiger partial charge >= 0.3 is 0 Å². The summed E-state index contributed by atoms with van der Waals surface area (Å²) in [4.78, 5) is 1.57. The lowest BCUT2D eigenvalue weighted by molar-refractivity contribution is 0.688. The number of thiophene rings is 1.